The lowest BCUT2D eigenvalue weighted by Gasteiger charge is -2.19. The van der Waals surface area contributed by atoms with E-state index in [1.807, 2.05) is 18.5 Å². The molecule has 2 aromatic heterocycles. The van der Waals surface area contributed by atoms with Crippen LogP contribution in [0.15, 0.2) is 22.5 Å². The first kappa shape index (κ1) is 24.9. The first-order valence-electron chi connectivity index (χ1n) is 10.0. The van der Waals surface area contributed by atoms with Gasteiger partial charge in [-0.15, -0.1) is 45.5 Å². The number of hydrogen-bond acceptors (Lipinski definition) is 4. The van der Waals surface area contributed by atoms with Gasteiger partial charge in [0.05, 0.1) is 6.54 Å². The Balaban J connectivity index is 0.00000392. The van der Waals surface area contributed by atoms with E-state index in [4.69, 9.17) is 4.99 Å². The molecule has 0 aliphatic heterocycles. The average molecular weight is 519 g/mol. The number of unbranched alkanes of at least 4 members (excludes halogenated alkanes) is 1. The number of nitrogens with one attached hydrogen (secondary N) is 2. The third-order valence-electron chi connectivity index (χ3n) is 4.79. The maximum Gasteiger partial charge on any atom is 0.192 e. The van der Waals surface area contributed by atoms with Crippen LogP contribution in [0.5, 0.6) is 0 Å². The molecular formula is C20H35IN6S. The minimum Gasteiger partial charge on any atom is -0.356 e. The smallest absolute Gasteiger partial charge is 0.192 e. The van der Waals surface area contributed by atoms with Gasteiger partial charge >= 0.3 is 0 Å². The highest BCUT2D eigenvalue weighted by Gasteiger charge is 2.10. The summed E-state index contributed by atoms with van der Waals surface area (Å²) in [4.78, 5) is 6.06. The summed E-state index contributed by atoms with van der Waals surface area (Å²) in [5.74, 6) is 3.33. The predicted octanol–water partition coefficient (Wildman–Crippen LogP) is 4.64. The molecule has 0 radical (unpaired) electrons. The van der Waals surface area contributed by atoms with Crippen molar-refractivity contribution in [2.45, 2.75) is 66.0 Å². The Morgan fingerprint density at radius 3 is 2.64 bits per heavy atom. The first-order chi connectivity index (χ1) is 13.1. The van der Waals surface area contributed by atoms with Crippen molar-refractivity contribution >= 4 is 41.3 Å². The number of rotatable bonds is 11. The lowest BCUT2D eigenvalue weighted by Crippen LogP contribution is -2.39. The molecule has 0 fully saturated rings. The quantitative estimate of drug-likeness (QED) is 0.258. The molecule has 0 bridgehead atoms. The summed E-state index contributed by atoms with van der Waals surface area (Å²) in [6, 6.07) is 4.22. The molecule has 0 amide bonds. The number of guanidine groups is 1. The van der Waals surface area contributed by atoms with Gasteiger partial charge < -0.3 is 15.2 Å². The van der Waals surface area contributed by atoms with Gasteiger partial charge in [0.2, 0.25) is 0 Å². The van der Waals surface area contributed by atoms with Crippen molar-refractivity contribution in [1.82, 2.24) is 25.4 Å². The van der Waals surface area contributed by atoms with Crippen molar-refractivity contribution in [2.24, 2.45) is 18.0 Å². The second-order valence-corrected chi connectivity index (χ2v) is 8.03. The number of hydrogen-bond donors (Lipinski definition) is 2. The van der Waals surface area contributed by atoms with Gasteiger partial charge in [0.1, 0.15) is 12.4 Å². The van der Waals surface area contributed by atoms with E-state index in [0.717, 1.165) is 30.7 Å². The minimum absolute atomic E-state index is 0. The molecule has 2 aromatic rings. The number of aromatic nitrogens is 3. The number of aliphatic imine (C=N–C) groups is 1. The largest absolute Gasteiger partial charge is 0.356 e. The first-order valence-corrected chi connectivity index (χ1v) is 10.9. The molecule has 0 saturated heterocycles. The summed E-state index contributed by atoms with van der Waals surface area (Å²) in [6.07, 6.45) is 6.30. The maximum absolute atomic E-state index is 4.76. The van der Waals surface area contributed by atoms with Gasteiger partial charge in [-0.25, -0.2) is 4.99 Å². The van der Waals surface area contributed by atoms with Gasteiger partial charge in [-0.3, -0.25) is 0 Å². The normalized spacial score (nSPS) is 12.5. The second-order valence-electron chi connectivity index (χ2n) is 7.00. The summed E-state index contributed by atoms with van der Waals surface area (Å²) in [7, 11) is 1.98. The topological polar surface area (TPSA) is 67.1 Å². The molecule has 0 aromatic carbocycles. The van der Waals surface area contributed by atoms with E-state index in [-0.39, 0.29) is 24.0 Å². The van der Waals surface area contributed by atoms with Crippen LogP contribution in [0.1, 0.15) is 62.5 Å². The van der Waals surface area contributed by atoms with Gasteiger partial charge in [0.15, 0.2) is 11.8 Å². The molecule has 2 rings (SSSR count). The maximum atomic E-state index is 4.76. The zero-order chi connectivity index (χ0) is 19.5. The summed E-state index contributed by atoms with van der Waals surface area (Å²) in [5.41, 5.74) is 0. The Hall–Kier alpha value is -1.16. The van der Waals surface area contributed by atoms with Crippen LogP contribution in [0.25, 0.3) is 0 Å². The fourth-order valence-corrected chi connectivity index (χ4v) is 3.63. The van der Waals surface area contributed by atoms with Crippen molar-refractivity contribution in [1.29, 1.82) is 0 Å². The van der Waals surface area contributed by atoms with Gasteiger partial charge in [-0.1, -0.05) is 39.2 Å². The molecule has 28 heavy (non-hydrogen) atoms. The fraction of sp³-hybridized carbons (Fsp3) is 0.650. The Morgan fingerprint density at radius 1 is 1.21 bits per heavy atom. The van der Waals surface area contributed by atoms with Crippen LogP contribution in [0.4, 0.5) is 0 Å². The van der Waals surface area contributed by atoms with E-state index in [2.05, 4.69) is 52.2 Å². The summed E-state index contributed by atoms with van der Waals surface area (Å²) in [6.45, 7) is 8.74. The fourth-order valence-electron chi connectivity index (χ4n) is 2.99. The molecule has 158 valence electrons. The number of halogens is 1. The Morgan fingerprint density at radius 2 is 2.04 bits per heavy atom. The Kier molecular flexibility index (Phi) is 12.4. The third kappa shape index (κ3) is 8.46. The Labute approximate surface area is 190 Å². The third-order valence-corrected chi connectivity index (χ3v) is 5.67. The number of aryl methyl sites for hydroxylation is 1. The molecule has 0 spiro atoms. The van der Waals surface area contributed by atoms with E-state index >= 15 is 0 Å². The van der Waals surface area contributed by atoms with Crippen LogP contribution < -0.4 is 10.6 Å². The lowest BCUT2D eigenvalue weighted by molar-refractivity contribution is 0.423. The van der Waals surface area contributed by atoms with Crippen molar-refractivity contribution in [3.8, 4) is 0 Å². The van der Waals surface area contributed by atoms with Crippen molar-refractivity contribution < 1.29 is 0 Å². The van der Waals surface area contributed by atoms with E-state index in [0.29, 0.717) is 12.5 Å². The minimum atomic E-state index is 0. The van der Waals surface area contributed by atoms with Gasteiger partial charge in [-0.2, -0.15) is 0 Å². The lowest BCUT2D eigenvalue weighted by atomic mass is 9.97. The predicted molar refractivity (Wildman–Crippen MR) is 129 cm³/mol. The van der Waals surface area contributed by atoms with Crippen LogP contribution in [0, 0.1) is 12.8 Å². The van der Waals surface area contributed by atoms with Crippen LogP contribution in [-0.4, -0.2) is 27.3 Å². The molecule has 1 atom stereocenters. The molecule has 0 saturated carbocycles. The Bertz CT molecular complexity index is 683. The van der Waals surface area contributed by atoms with Crippen LogP contribution in [0.3, 0.4) is 0 Å². The number of nitrogens with zero attached hydrogens (tertiary/aromatic N) is 4. The van der Waals surface area contributed by atoms with E-state index < -0.39 is 0 Å². The number of thiophene rings is 1. The average Bonchev–Trinajstić information content (AvgIpc) is 3.30. The second kappa shape index (κ2) is 13.9. The summed E-state index contributed by atoms with van der Waals surface area (Å²) in [5, 5.41) is 17.5. The monoisotopic (exact) mass is 518 g/mol. The molecule has 6 nitrogen and oxygen atoms in total. The van der Waals surface area contributed by atoms with Crippen molar-refractivity contribution in [3.63, 3.8) is 0 Å². The van der Waals surface area contributed by atoms with Crippen LogP contribution >= 0.6 is 35.3 Å². The SMILES string of the molecule is CCCCC(CCC)CNC(=NCc1nnc(C)n1C)NCc1cccs1.I. The van der Waals surface area contributed by atoms with Crippen molar-refractivity contribution in [3.05, 3.63) is 34.0 Å². The zero-order valence-corrected chi connectivity index (χ0v) is 20.7. The summed E-state index contributed by atoms with van der Waals surface area (Å²) < 4.78 is 1.99. The van der Waals surface area contributed by atoms with Crippen molar-refractivity contribution in [2.75, 3.05) is 6.54 Å². The highest BCUT2D eigenvalue weighted by Crippen LogP contribution is 2.14. The molecule has 1 unspecified atom stereocenters. The van der Waals surface area contributed by atoms with Crippen LogP contribution in [-0.2, 0) is 20.1 Å². The molecular weight excluding hydrogens is 483 g/mol. The summed E-state index contributed by atoms with van der Waals surface area (Å²) >= 11 is 1.76. The van der Waals surface area contributed by atoms with E-state index in [1.54, 1.807) is 11.3 Å². The molecule has 0 aliphatic carbocycles. The standard InChI is InChI=1S/C20H34N6S.HI/c1-5-7-10-17(9-6-2)13-21-20(22-14-18-11-8-12-27-18)23-15-19-25-24-16(3)26(19)4;/h8,11-12,17H,5-7,9-10,13-15H2,1-4H3,(H2,21,22,23);1H. The van der Waals surface area contributed by atoms with Crippen LogP contribution in [0.2, 0.25) is 0 Å². The highest BCUT2D eigenvalue weighted by atomic mass is 127. The molecule has 2 heterocycles. The van der Waals surface area contributed by atoms with Gasteiger partial charge in [0.25, 0.3) is 0 Å². The van der Waals surface area contributed by atoms with Gasteiger partial charge in [0, 0.05) is 18.5 Å². The molecule has 8 heteroatoms. The van der Waals surface area contributed by atoms with Gasteiger partial charge in [-0.05, 0) is 37.1 Å². The molecule has 2 N–H and O–H groups in total. The van der Waals surface area contributed by atoms with E-state index in [1.165, 1.54) is 37.0 Å². The zero-order valence-electron chi connectivity index (χ0n) is 17.6. The molecule has 0 aliphatic rings. The highest BCUT2D eigenvalue weighted by molar-refractivity contribution is 14.0. The van der Waals surface area contributed by atoms with E-state index in [9.17, 15) is 0 Å².